The molecule has 1 saturated heterocycles. The Balaban J connectivity index is 1.65. The van der Waals surface area contributed by atoms with Crippen LogP contribution in [-0.4, -0.2) is 54.7 Å². The van der Waals surface area contributed by atoms with Gasteiger partial charge in [0.05, 0.1) is 17.0 Å². The molecule has 2 fully saturated rings. The van der Waals surface area contributed by atoms with Gasteiger partial charge in [-0.2, -0.15) is 13.2 Å². The molecule has 1 saturated carbocycles. The number of amides is 1. The fourth-order valence-corrected chi connectivity index (χ4v) is 4.31. The predicted molar refractivity (Wildman–Crippen MR) is 130 cm³/mol. The van der Waals surface area contributed by atoms with Gasteiger partial charge in [0, 0.05) is 35.0 Å². The lowest BCUT2D eigenvalue weighted by Crippen LogP contribution is -2.24. The third-order valence-electron chi connectivity index (χ3n) is 6.46. The fourth-order valence-electron chi connectivity index (χ4n) is 4.31. The lowest BCUT2D eigenvalue weighted by Gasteiger charge is -2.21. The Labute approximate surface area is 198 Å². The summed E-state index contributed by atoms with van der Waals surface area (Å²) >= 11 is 0. The van der Waals surface area contributed by atoms with E-state index in [-0.39, 0.29) is 23.6 Å². The largest absolute Gasteiger partial charge is 0.417 e. The van der Waals surface area contributed by atoms with Crippen LogP contribution in [-0.2, 0) is 4.79 Å². The minimum atomic E-state index is -4.59. The Morgan fingerprint density at radius 1 is 1.21 bits per heavy atom. The van der Waals surface area contributed by atoms with E-state index in [1.54, 1.807) is 30.4 Å². The van der Waals surface area contributed by atoms with Crippen molar-refractivity contribution in [2.24, 2.45) is 5.92 Å². The van der Waals surface area contributed by atoms with Crippen LogP contribution in [0, 0.1) is 5.92 Å². The molecule has 0 spiro atoms. The zero-order chi connectivity index (χ0) is 24.3. The first-order valence-electron chi connectivity index (χ1n) is 11.8. The molecule has 2 aliphatic rings. The first kappa shape index (κ1) is 24.3. The zero-order valence-electron chi connectivity index (χ0n) is 19.4. The molecule has 2 aromatic rings. The van der Waals surface area contributed by atoms with Gasteiger partial charge in [-0.15, -0.1) is 0 Å². The summed E-state index contributed by atoms with van der Waals surface area (Å²) in [5, 5.41) is 7.49. The van der Waals surface area contributed by atoms with Crippen molar-refractivity contribution in [2.45, 2.75) is 44.3 Å². The van der Waals surface area contributed by atoms with E-state index in [1.807, 2.05) is 6.07 Å². The summed E-state index contributed by atoms with van der Waals surface area (Å²) in [5.41, 5.74) is 0.0460. The second-order valence-electron chi connectivity index (χ2n) is 9.27. The van der Waals surface area contributed by atoms with Crippen molar-refractivity contribution in [1.82, 2.24) is 15.2 Å². The Morgan fingerprint density at radius 2 is 2.00 bits per heavy atom. The summed E-state index contributed by atoms with van der Waals surface area (Å²) in [6.45, 7) is 5.62. The Hall–Kier alpha value is -2.87. The smallest absolute Gasteiger partial charge is 0.382 e. The van der Waals surface area contributed by atoms with Gasteiger partial charge in [-0.1, -0.05) is 24.8 Å². The third kappa shape index (κ3) is 5.97. The van der Waals surface area contributed by atoms with Gasteiger partial charge in [0.15, 0.2) is 0 Å². The maximum Gasteiger partial charge on any atom is 0.417 e. The van der Waals surface area contributed by atoms with E-state index >= 15 is 0 Å². The van der Waals surface area contributed by atoms with Crippen LogP contribution in [0.15, 0.2) is 36.9 Å². The Bertz CT molecular complexity index is 1090. The number of allylic oxidation sites excluding steroid dienone is 1. The van der Waals surface area contributed by atoms with E-state index in [1.165, 1.54) is 0 Å². The van der Waals surface area contributed by atoms with Crippen molar-refractivity contribution < 1.29 is 18.0 Å². The van der Waals surface area contributed by atoms with Crippen molar-refractivity contribution in [2.75, 3.05) is 32.0 Å². The van der Waals surface area contributed by atoms with Crippen LogP contribution < -0.4 is 10.6 Å². The van der Waals surface area contributed by atoms with Gasteiger partial charge in [0.25, 0.3) is 0 Å². The molecular weight excluding hydrogens is 441 g/mol. The number of nitrogens with one attached hydrogen (secondary N) is 2. The minimum absolute atomic E-state index is 0.0165. The van der Waals surface area contributed by atoms with Crippen LogP contribution in [0.3, 0.4) is 0 Å². The number of fused-ring (bicyclic) bond motifs is 1. The molecule has 0 bridgehead atoms. The van der Waals surface area contributed by atoms with E-state index in [4.69, 9.17) is 0 Å². The highest BCUT2D eigenvalue weighted by atomic mass is 19.4. The first-order valence-corrected chi connectivity index (χ1v) is 11.8. The lowest BCUT2D eigenvalue weighted by atomic mass is 10.0. The minimum Gasteiger partial charge on any atom is -0.382 e. The maximum absolute atomic E-state index is 13.6. The molecule has 5 nitrogen and oxygen atoms in total. The maximum atomic E-state index is 13.6. The average Bonchev–Trinajstić information content (AvgIpc) is 3.65. The van der Waals surface area contributed by atoms with Crippen molar-refractivity contribution in [3.63, 3.8) is 0 Å². The topological polar surface area (TPSA) is 57.3 Å². The molecular formula is C26H31F3N4O. The first-order chi connectivity index (χ1) is 16.2. The van der Waals surface area contributed by atoms with E-state index in [2.05, 4.69) is 34.1 Å². The number of halogens is 3. The van der Waals surface area contributed by atoms with E-state index < -0.39 is 11.7 Å². The molecule has 1 aliphatic heterocycles. The van der Waals surface area contributed by atoms with Gasteiger partial charge in [-0.3, -0.25) is 4.79 Å². The molecule has 1 unspecified atom stereocenters. The number of hydrogen-bond acceptors (Lipinski definition) is 4. The zero-order valence-corrected chi connectivity index (χ0v) is 19.4. The Morgan fingerprint density at radius 3 is 2.74 bits per heavy atom. The Kier molecular flexibility index (Phi) is 7.26. The fraction of sp³-hybridized carbons (Fsp3) is 0.462. The molecule has 1 aromatic carbocycles. The summed E-state index contributed by atoms with van der Waals surface area (Å²) in [6, 6.07) is 7.36. The number of carbonyl (C=O) groups is 1. The molecule has 1 aliphatic carbocycles. The standard InChI is InChI=1S/C26H31F3N4O/c1-17(26(27,28)29)24-21-8-3-9-23(31-19-7-5-14-33(2)15-12-19)22(21)16-20(32-24)6-4-13-30-25(34)18-10-11-18/h3-4,6,8-9,16,18-19,31H,1,5,7,10-15H2,2H3,(H,30,34)/b6-4+. The van der Waals surface area contributed by atoms with Crippen LogP contribution >= 0.6 is 0 Å². The van der Waals surface area contributed by atoms with Gasteiger partial charge < -0.3 is 15.5 Å². The van der Waals surface area contributed by atoms with Crippen LogP contribution in [0.1, 0.15) is 43.5 Å². The van der Waals surface area contributed by atoms with Crippen molar-refractivity contribution in [3.8, 4) is 0 Å². The van der Waals surface area contributed by atoms with Crippen LogP contribution in [0.2, 0.25) is 0 Å². The third-order valence-corrected chi connectivity index (χ3v) is 6.46. The number of anilines is 1. The summed E-state index contributed by atoms with van der Waals surface area (Å²) in [4.78, 5) is 18.4. The predicted octanol–water partition coefficient (Wildman–Crippen LogP) is 5.25. The summed E-state index contributed by atoms with van der Waals surface area (Å²) in [7, 11) is 2.10. The molecule has 0 radical (unpaired) electrons. The quantitative estimate of drug-likeness (QED) is 0.578. The SMILES string of the molecule is C=C(c1nc(/C=C/CNC(=O)C2CC2)cc2c(NC3CCCN(C)CC3)cccc12)C(F)(F)F. The second-order valence-corrected chi connectivity index (χ2v) is 9.27. The molecule has 34 heavy (non-hydrogen) atoms. The van der Waals surface area contributed by atoms with Crippen molar-refractivity contribution >= 4 is 34.0 Å². The number of aromatic nitrogens is 1. The molecule has 2 heterocycles. The number of likely N-dealkylation sites (tertiary alicyclic amines) is 1. The highest BCUT2D eigenvalue weighted by Gasteiger charge is 2.35. The van der Waals surface area contributed by atoms with Gasteiger partial charge in [-0.05, 0) is 70.5 Å². The second kappa shape index (κ2) is 10.2. The van der Waals surface area contributed by atoms with Gasteiger partial charge in [-0.25, -0.2) is 4.98 Å². The average molecular weight is 473 g/mol. The highest BCUT2D eigenvalue weighted by molar-refractivity contribution is 6.00. The number of alkyl halides is 3. The molecule has 2 N–H and O–H groups in total. The summed E-state index contributed by atoms with van der Waals surface area (Å²) < 4.78 is 40.8. The monoisotopic (exact) mass is 472 g/mol. The summed E-state index contributed by atoms with van der Waals surface area (Å²) in [6.07, 6.45) is 3.64. The molecule has 182 valence electrons. The van der Waals surface area contributed by atoms with E-state index in [9.17, 15) is 18.0 Å². The van der Waals surface area contributed by atoms with Crippen LogP contribution in [0.5, 0.6) is 0 Å². The number of pyridine rings is 1. The number of rotatable bonds is 7. The van der Waals surface area contributed by atoms with Crippen LogP contribution in [0.4, 0.5) is 18.9 Å². The van der Waals surface area contributed by atoms with E-state index in [0.717, 1.165) is 50.9 Å². The van der Waals surface area contributed by atoms with Gasteiger partial charge in [0.2, 0.25) is 5.91 Å². The summed E-state index contributed by atoms with van der Waals surface area (Å²) in [5.74, 6) is 0.120. The highest BCUT2D eigenvalue weighted by Crippen LogP contribution is 2.37. The number of nitrogens with zero attached hydrogens (tertiary/aromatic N) is 2. The van der Waals surface area contributed by atoms with Crippen molar-refractivity contribution in [1.29, 1.82) is 0 Å². The van der Waals surface area contributed by atoms with E-state index in [0.29, 0.717) is 23.0 Å². The normalized spacial score (nSPS) is 19.8. The number of hydrogen-bond donors (Lipinski definition) is 2. The van der Waals surface area contributed by atoms with Gasteiger partial charge >= 0.3 is 6.18 Å². The molecule has 8 heteroatoms. The molecule has 1 amide bonds. The number of carbonyl (C=O) groups excluding carboxylic acids is 1. The van der Waals surface area contributed by atoms with Crippen LogP contribution in [0.25, 0.3) is 22.4 Å². The molecule has 4 rings (SSSR count). The molecule has 1 aromatic heterocycles. The van der Waals surface area contributed by atoms with Crippen molar-refractivity contribution in [3.05, 3.63) is 48.3 Å². The number of benzene rings is 1. The van der Waals surface area contributed by atoms with Gasteiger partial charge in [0.1, 0.15) is 0 Å². The molecule has 1 atom stereocenters. The lowest BCUT2D eigenvalue weighted by molar-refractivity contribution is -0.122.